The van der Waals surface area contributed by atoms with Crippen molar-refractivity contribution in [3.05, 3.63) is 76.1 Å². The van der Waals surface area contributed by atoms with Crippen molar-refractivity contribution >= 4 is 16.8 Å². The normalized spacial score (nSPS) is 13.7. The Morgan fingerprint density at radius 2 is 1.81 bits per heavy atom. The van der Waals surface area contributed by atoms with Crippen LogP contribution in [0.2, 0.25) is 0 Å². The zero-order valence-electron chi connectivity index (χ0n) is 14.8. The van der Waals surface area contributed by atoms with E-state index in [2.05, 4.69) is 5.10 Å². The number of benzene rings is 2. The highest BCUT2D eigenvalue weighted by Crippen LogP contribution is 2.29. The number of para-hydroxylation sites is 1. The van der Waals surface area contributed by atoms with Crippen molar-refractivity contribution in [3.8, 4) is 0 Å². The number of aryl methyl sites for hydroxylation is 1. The average Bonchev–Trinajstić information content (AvgIpc) is 3.52. The highest BCUT2D eigenvalue weighted by Gasteiger charge is 2.35. The maximum absolute atomic E-state index is 13.2. The summed E-state index contributed by atoms with van der Waals surface area (Å²) in [5.41, 5.74) is 1.56. The molecule has 132 valence electrons. The molecule has 5 nitrogen and oxygen atoms in total. The van der Waals surface area contributed by atoms with Crippen LogP contribution in [0.3, 0.4) is 0 Å². The largest absolute Gasteiger partial charge is 0.330 e. The van der Waals surface area contributed by atoms with Crippen LogP contribution in [0.4, 0.5) is 0 Å². The molecule has 1 aliphatic rings. The van der Waals surface area contributed by atoms with E-state index in [0.29, 0.717) is 18.5 Å². The number of nitrogens with zero attached hydrogens (tertiary/aromatic N) is 3. The van der Waals surface area contributed by atoms with Gasteiger partial charge in [0.2, 0.25) is 5.43 Å². The molecule has 1 aromatic heterocycles. The number of rotatable bonds is 5. The van der Waals surface area contributed by atoms with Gasteiger partial charge in [0.05, 0.1) is 5.52 Å². The van der Waals surface area contributed by atoms with E-state index < -0.39 is 0 Å². The second-order valence-electron chi connectivity index (χ2n) is 6.66. The molecule has 3 aromatic rings. The van der Waals surface area contributed by atoms with Crippen molar-refractivity contribution in [3.63, 3.8) is 0 Å². The number of aromatic nitrogens is 2. The van der Waals surface area contributed by atoms with Gasteiger partial charge in [-0.1, -0.05) is 42.5 Å². The molecule has 1 fully saturated rings. The molecule has 1 aliphatic carbocycles. The van der Waals surface area contributed by atoms with E-state index in [1.165, 1.54) is 0 Å². The van der Waals surface area contributed by atoms with Crippen molar-refractivity contribution in [2.24, 2.45) is 0 Å². The fraction of sp³-hybridized carbons (Fsp3) is 0.286. The van der Waals surface area contributed by atoms with Gasteiger partial charge in [0.1, 0.15) is 0 Å². The molecular formula is C21H21N3O2. The topological polar surface area (TPSA) is 55.2 Å². The summed E-state index contributed by atoms with van der Waals surface area (Å²) in [6, 6.07) is 17.4. The minimum Gasteiger partial charge on any atom is -0.330 e. The summed E-state index contributed by atoms with van der Waals surface area (Å²) >= 11 is 0. The maximum atomic E-state index is 13.2. The van der Waals surface area contributed by atoms with E-state index in [9.17, 15) is 9.59 Å². The molecule has 4 rings (SSSR count). The minimum absolute atomic E-state index is 0.0216. The summed E-state index contributed by atoms with van der Waals surface area (Å²) in [5, 5.41) is 4.95. The molecule has 0 N–H and O–H groups in total. The van der Waals surface area contributed by atoms with Crippen LogP contribution >= 0.6 is 0 Å². The van der Waals surface area contributed by atoms with Crippen LogP contribution in [-0.4, -0.2) is 26.6 Å². The molecule has 0 radical (unpaired) electrons. The molecule has 0 aliphatic heterocycles. The number of carbonyl (C=O) groups is 1. The third-order valence-electron chi connectivity index (χ3n) is 4.81. The predicted molar refractivity (Wildman–Crippen MR) is 101 cm³/mol. The SMILES string of the molecule is CCn1nc(C(=O)N(Cc2ccccc2)C2CC2)c(=O)c2ccccc21. The molecule has 0 saturated heterocycles. The molecule has 5 heteroatoms. The van der Waals surface area contributed by atoms with Gasteiger partial charge >= 0.3 is 0 Å². The highest BCUT2D eigenvalue weighted by atomic mass is 16.2. The van der Waals surface area contributed by atoms with Gasteiger partial charge in [-0.25, -0.2) is 0 Å². The molecule has 1 heterocycles. The molecule has 0 spiro atoms. The van der Waals surface area contributed by atoms with Crippen molar-refractivity contribution in [2.45, 2.75) is 38.9 Å². The van der Waals surface area contributed by atoms with E-state index in [0.717, 1.165) is 23.9 Å². The Kier molecular flexibility index (Phi) is 4.29. The summed E-state index contributed by atoms with van der Waals surface area (Å²) < 4.78 is 1.73. The Morgan fingerprint density at radius 1 is 1.12 bits per heavy atom. The number of hydrogen-bond donors (Lipinski definition) is 0. The fourth-order valence-corrected chi connectivity index (χ4v) is 3.29. The summed E-state index contributed by atoms with van der Waals surface area (Å²) in [6.45, 7) is 3.06. The molecule has 1 amide bonds. The van der Waals surface area contributed by atoms with Crippen LogP contribution in [0.15, 0.2) is 59.4 Å². The second-order valence-corrected chi connectivity index (χ2v) is 6.66. The Labute approximate surface area is 151 Å². The van der Waals surface area contributed by atoms with Crippen LogP contribution in [0.25, 0.3) is 10.9 Å². The van der Waals surface area contributed by atoms with E-state index in [1.54, 1.807) is 15.6 Å². The lowest BCUT2D eigenvalue weighted by molar-refractivity contribution is 0.0720. The van der Waals surface area contributed by atoms with Gasteiger partial charge < -0.3 is 4.90 Å². The van der Waals surface area contributed by atoms with Crippen LogP contribution < -0.4 is 5.43 Å². The van der Waals surface area contributed by atoms with Crippen LogP contribution in [0, 0.1) is 0 Å². The lowest BCUT2D eigenvalue weighted by Gasteiger charge is -2.22. The Balaban J connectivity index is 1.76. The standard InChI is InChI=1S/C21H21N3O2/c1-2-24-18-11-7-6-10-17(18)20(25)19(22-24)21(26)23(16-12-13-16)14-15-8-4-3-5-9-15/h3-11,16H,2,12-14H2,1H3. The first-order valence-electron chi connectivity index (χ1n) is 9.03. The monoisotopic (exact) mass is 347 g/mol. The zero-order chi connectivity index (χ0) is 18.1. The maximum Gasteiger partial charge on any atom is 0.278 e. The van der Waals surface area contributed by atoms with Crippen molar-refractivity contribution in [2.75, 3.05) is 0 Å². The smallest absolute Gasteiger partial charge is 0.278 e. The van der Waals surface area contributed by atoms with Gasteiger partial charge in [0, 0.05) is 24.5 Å². The lowest BCUT2D eigenvalue weighted by atomic mass is 10.1. The van der Waals surface area contributed by atoms with Gasteiger partial charge in [-0.05, 0) is 37.5 Å². The molecule has 0 bridgehead atoms. The first-order valence-corrected chi connectivity index (χ1v) is 9.03. The summed E-state index contributed by atoms with van der Waals surface area (Å²) in [4.78, 5) is 27.9. The van der Waals surface area contributed by atoms with Crippen LogP contribution in [0.1, 0.15) is 35.8 Å². The molecule has 0 unspecified atom stereocenters. The third kappa shape index (κ3) is 3.01. The highest BCUT2D eigenvalue weighted by molar-refractivity contribution is 5.95. The van der Waals surface area contributed by atoms with Crippen molar-refractivity contribution in [1.29, 1.82) is 0 Å². The average molecular weight is 347 g/mol. The number of fused-ring (bicyclic) bond motifs is 1. The summed E-state index contributed by atoms with van der Waals surface area (Å²) in [7, 11) is 0. The van der Waals surface area contributed by atoms with Gasteiger partial charge in [-0.15, -0.1) is 0 Å². The van der Waals surface area contributed by atoms with E-state index >= 15 is 0 Å². The number of hydrogen-bond acceptors (Lipinski definition) is 3. The number of carbonyl (C=O) groups excluding carboxylic acids is 1. The van der Waals surface area contributed by atoms with Gasteiger partial charge in [-0.2, -0.15) is 5.10 Å². The first kappa shape index (κ1) is 16.5. The Morgan fingerprint density at radius 3 is 2.50 bits per heavy atom. The molecule has 2 aromatic carbocycles. The molecular weight excluding hydrogens is 326 g/mol. The van der Waals surface area contributed by atoms with Gasteiger partial charge in [-0.3, -0.25) is 14.3 Å². The van der Waals surface area contributed by atoms with Crippen LogP contribution in [-0.2, 0) is 13.1 Å². The fourth-order valence-electron chi connectivity index (χ4n) is 3.29. The van der Waals surface area contributed by atoms with E-state index in [4.69, 9.17) is 0 Å². The van der Waals surface area contributed by atoms with Crippen LogP contribution in [0.5, 0.6) is 0 Å². The third-order valence-corrected chi connectivity index (χ3v) is 4.81. The second kappa shape index (κ2) is 6.75. The first-order chi connectivity index (χ1) is 12.7. The minimum atomic E-state index is -0.283. The van der Waals surface area contributed by atoms with Crippen molar-refractivity contribution < 1.29 is 4.79 Å². The molecule has 0 atom stereocenters. The Hall–Kier alpha value is -2.95. The Bertz CT molecular complexity index is 1010. The summed E-state index contributed by atoms with van der Waals surface area (Å²) in [6.07, 6.45) is 1.96. The van der Waals surface area contributed by atoms with E-state index in [1.807, 2.05) is 55.5 Å². The van der Waals surface area contributed by atoms with Crippen molar-refractivity contribution in [1.82, 2.24) is 14.7 Å². The number of amides is 1. The zero-order valence-corrected chi connectivity index (χ0v) is 14.8. The quantitative estimate of drug-likeness (QED) is 0.712. The lowest BCUT2D eigenvalue weighted by Crippen LogP contribution is -2.37. The molecule has 1 saturated carbocycles. The van der Waals surface area contributed by atoms with Gasteiger partial charge in [0.25, 0.3) is 5.91 Å². The molecule has 26 heavy (non-hydrogen) atoms. The predicted octanol–water partition coefficient (Wildman–Crippen LogP) is 3.22. The van der Waals surface area contributed by atoms with E-state index in [-0.39, 0.29) is 23.1 Å². The summed E-state index contributed by atoms with van der Waals surface area (Å²) in [5.74, 6) is -0.269. The van der Waals surface area contributed by atoms with Gasteiger partial charge in [0.15, 0.2) is 5.69 Å².